The van der Waals surface area contributed by atoms with Crippen molar-refractivity contribution in [2.45, 2.75) is 6.54 Å². The molecule has 3 aromatic rings. The first-order valence-electron chi connectivity index (χ1n) is 5.61. The molecule has 6 heteroatoms. The normalized spacial score (nSPS) is 10.7. The van der Waals surface area contributed by atoms with Gasteiger partial charge in [-0.05, 0) is 23.6 Å². The largest absolute Gasteiger partial charge is 0.477 e. The van der Waals surface area contributed by atoms with Crippen LogP contribution in [0, 0.1) is 0 Å². The van der Waals surface area contributed by atoms with E-state index in [-0.39, 0.29) is 0 Å². The number of nitrogens with zero attached hydrogens (tertiary/aromatic N) is 2. The zero-order chi connectivity index (χ0) is 13.2. The van der Waals surface area contributed by atoms with Crippen LogP contribution in [0.1, 0.15) is 14.5 Å². The van der Waals surface area contributed by atoms with Crippen molar-refractivity contribution in [2.75, 3.05) is 0 Å². The van der Waals surface area contributed by atoms with Crippen molar-refractivity contribution in [3.05, 3.63) is 51.8 Å². The van der Waals surface area contributed by atoms with Gasteiger partial charge in [0, 0.05) is 17.3 Å². The Hall–Kier alpha value is -1.92. The van der Waals surface area contributed by atoms with Gasteiger partial charge in [-0.2, -0.15) is 0 Å². The molecule has 0 atom stereocenters. The molecule has 0 amide bonds. The highest BCUT2D eigenvalue weighted by Crippen LogP contribution is 2.25. The molecule has 0 aliphatic heterocycles. The monoisotopic (exact) mass is 290 g/mol. The van der Waals surface area contributed by atoms with Crippen LogP contribution < -0.4 is 0 Å². The van der Waals surface area contributed by atoms with E-state index in [0.717, 1.165) is 15.6 Å². The standard InChI is InChI=1S/C13H10N2O2S2/c16-13(17)11-4-3-9(19-11)8-15-6-5-14-12(15)10-2-1-7-18-10/h1-7H,8H2,(H,16,17). The number of carbonyl (C=O) groups is 1. The van der Waals surface area contributed by atoms with Crippen LogP contribution in [0.4, 0.5) is 0 Å². The molecule has 3 rings (SSSR count). The fraction of sp³-hybridized carbons (Fsp3) is 0.0769. The second-order valence-corrected chi connectivity index (χ2v) is 6.04. The highest BCUT2D eigenvalue weighted by Gasteiger charge is 2.10. The Morgan fingerprint density at radius 3 is 2.95 bits per heavy atom. The average Bonchev–Trinajstić information content (AvgIpc) is 3.09. The molecule has 0 fully saturated rings. The molecule has 96 valence electrons. The molecular weight excluding hydrogens is 280 g/mol. The molecule has 0 spiro atoms. The number of hydrogen-bond donors (Lipinski definition) is 1. The van der Waals surface area contributed by atoms with Crippen molar-refractivity contribution in [3.8, 4) is 10.7 Å². The summed E-state index contributed by atoms with van der Waals surface area (Å²) in [5.74, 6) is 0.0423. The van der Waals surface area contributed by atoms with Gasteiger partial charge in [-0.1, -0.05) is 6.07 Å². The first-order valence-corrected chi connectivity index (χ1v) is 7.30. The van der Waals surface area contributed by atoms with Crippen LogP contribution in [0.2, 0.25) is 0 Å². The minimum absolute atomic E-state index is 0.368. The summed E-state index contributed by atoms with van der Waals surface area (Å²) in [6.07, 6.45) is 3.68. The third-order valence-electron chi connectivity index (χ3n) is 2.66. The first-order chi connectivity index (χ1) is 9.24. The zero-order valence-corrected chi connectivity index (χ0v) is 11.4. The Balaban J connectivity index is 1.87. The van der Waals surface area contributed by atoms with Crippen molar-refractivity contribution in [2.24, 2.45) is 0 Å². The Labute approximate surface area is 117 Å². The number of carboxylic acid groups (broad SMARTS) is 1. The van der Waals surface area contributed by atoms with Crippen molar-refractivity contribution in [1.82, 2.24) is 9.55 Å². The fourth-order valence-electron chi connectivity index (χ4n) is 1.81. The Kier molecular flexibility index (Phi) is 3.18. The number of thiophene rings is 2. The maximum absolute atomic E-state index is 10.9. The second-order valence-electron chi connectivity index (χ2n) is 3.93. The van der Waals surface area contributed by atoms with E-state index in [4.69, 9.17) is 5.11 Å². The molecule has 4 nitrogen and oxygen atoms in total. The second kappa shape index (κ2) is 4.99. The predicted octanol–water partition coefficient (Wildman–Crippen LogP) is 3.42. The lowest BCUT2D eigenvalue weighted by Crippen LogP contribution is -1.98. The number of aromatic nitrogens is 2. The van der Waals surface area contributed by atoms with E-state index < -0.39 is 5.97 Å². The van der Waals surface area contributed by atoms with Crippen LogP contribution in [0.5, 0.6) is 0 Å². The Morgan fingerprint density at radius 1 is 1.37 bits per heavy atom. The third-order valence-corrected chi connectivity index (χ3v) is 4.58. The van der Waals surface area contributed by atoms with Gasteiger partial charge in [0.1, 0.15) is 10.7 Å². The summed E-state index contributed by atoms with van der Waals surface area (Å²) in [7, 11) is 0. The van der Waals surface area contributed by atoms with Gasteiger partial charge >= 0.3 is 5.97 Å². The lowest BCUT2D eigenvalue weighted by molar-refractivity contribution is 0.0702. The maximum Gasteiger partial charge on any atom is 0.345 e. The van der Waals surface area contributed by atoms with Gasteiger partial charge in [0.15, 0.2) is 0 Å². The molecular formula is C13H10N2O2S2. The molecule has 0 aliphatic carbocycles. The van der Waals surface area contributed by atoms with E-state index in [0.29, 0.717) is 11.4 Å². The van der Waals surface area contributed by atoms with Crippen LogP contribution in [-0.4, -0.2) is 20.6 Å². The minimum Gasteiger partial charge on any atom is -0.477 e. The van der Waals surface area contributed by atoms with Gasteiger partial charge in [0.2, 0.25) is 0 Å². The molecule has 0 radical (unpaired) electrons. The zero-order valence-electron chi connectivity index (χ0n) is 9.81. The van der Waals surface area contributed by atoms with Gasteiger partial charge in [0.05, 0.1) is 11.4 Å². The van der Waals surface area contributed by atoms with Crippen LogP contribution in [0.3, 0.4) is 0 Å². The molecule has 0 aromatic carbocycles. The van der Waals surface area contributed by atoms with E-state index in [2.05, 4.69) is 4.98 Å². The van der Waals surface area contributed by atoms with E-state index >= 15 is 0 Å². The van der Waals surface area contributed by atoms with Crippen molar-refractivity contribution in [1.29, 1.82) is 0 Å². The molecule has 19 heavy (non-hydrogen) atoms. The predicted molar refractivity (Wildman–Crippen MR) is 75.9 cm³/mol. The van der Waals surface area contributed by atoms with Crippen LogP contribution in [0.25, 0.3) is 10.7 Å². The molecule has 3 heterocycles. The summed E-state index contributed by atoms with van der Waals surface area (Å²) in [4.78, 5) is 17.7. The minimum atomic E-state index is -0.875. The van der Waals surface area contributed by atoms with Gasteiger partial charge in [-0.25, -0.2) is 9.78 Å². The van der Waals surface area contributed by atoms with E-state index in [1.165, 1.54) is 11.3 Å². The summed E-state index contributed by atoms with van der Waals surface area (Å²) < 4.78 is 2.03. The smallest absolute Gasteiger partial charge is 0.345 e. The maximum atomic E-state index is 10.9. The molecule has 0 saturated heterocycles. The van der Waals surface area contributed by atoms with Crippen LogP contribution in [0.15, 0.2) is 42.0 Å². The van der Waals surface area contributed by atoms with Gasteiger partial charge in [0.25, 0.3) is 0 Å². The van der Waals surface area contributed by atoms with Crippen LogP contribution in [-0.2, 0) is 6.54 Å². The van der Waals surface area contributed by atoms with Crippen molar-refractivity contribution >= 4 is 28.6 Å². The highest BCUT2D eigenvalue weighted by molar-refractivity contribution is 7.14. The first kappa shape index (κ1) is 12.1. The lowest BCUT2D eigenvalue weighted by Gasteiger charge is -2.04. The number of carboxylic acids is 1. The molecule has 3 aromatic heterocycles. The Bertz CT molecular complexity index is 698. The fourth-order valence-corrected chi connectivity index (χ4v) is 3.40. The van der Waals surface area contributed by atoms with Gasteiger partial charge in [-0.3, -0.25) is 0 Å². The van der Waals surface area contributed by atoms with Crippen LogP contribution >= 0.6 is 22.7 Å². The SMILES string of the molecule is O=C(O)c1ccc(Cn2ccnc2-c2cccs2)s1. The summed E-state index contributed by atoms with van der Waals surface area (Å²) in [6.45, 7) is 0.644. The molecule has 0 bridgehead atoms. The summed E-state index contributed by atoms with van der Waals surface area (Å²) in [5, 5.41) is 10.9. The molecule has 0 unspecified atom stereocenters. The Morgan fingerprint density at radius 2 is 2.26 bits per heavy atom. The third kappa shape index (κ3) is 2.45. The van der Waals surface area contributed by atoms with E-state index in [1.54, 1.807) is 23.6 Å². The number of aromatic carboxylic acids is 1. The topological polar surface area (TPSA) is 55.1 Å². The summed E-state index contributed by atoms with van der Waals surface area (Å²) >= 11 is 2.94. The number of hydrogen-bond acceptors (Lipinski definition) is 4. The van der Waals surface area contributed by atoms with Gasteiger partial charge in [-0.15, -0.1) is 22.7 Å². The van der Waals surface area contributed by atoms with Crippen molar-refractivity contribution in [3.63, 3.8) is 0 Å². The number of rotatable bonds is 4. The molecule has 1 N–H and O–H groups in total. The lowest BCUT2D eigenvalue weighted by atomic mass is 10.4. The average molecular weight is 290 g/mol. The molecule has 0 saturated carbocycles. The number of imidazole rings is 1. The highest BCUT2D eigenvalue weighted by atomic mass is 32.1. The van der Waals surface area contributed by atoms with Crippen molar-refractivity contribution < 1.29 is 9.90 Å². The summed E-state index contributed by atoms with van der Waals surface area (Å²) in [6, 6.07) is 7.52. The molecule has 0 aliphatic rings. The summed E-state index contributed by atoms with van der Waals surface area (Å²) in [5.41, 5.74) is 0. The van der Waals surface area contributed by atoms with Gasteiger partial charge < -0.3 is 9.67 Å². The van der Waals surface area contributed by atoms with E-state index in [1.807, 2.05) is 34.3 Å². The van der Waals surface area contributed by atoms with E-state index in [9.17, 15) is 4.79 Å². The quantitative estimate of drug-likeness (QED) is 0.801.